The van der Waals surface area contributed by atoms with Crippen molar-refractivity contribution in [2.45, 2.75) is 25.4 Å². The highest BCUT2D eigenvalue weighted by Gasteiger charge is 2.22. The summed E-state index contributed by atoms with van der Waals surface area (Å²) in [7, 11) is 0. The molecule has 1 atom stereocenters. The fraction of sp³-hybridized carbons (Fsp3) is 0.167. The molecule has 0 saturated carbocycles. The van der Waals surface area contributed by atoms with Crippen molar-refractivity contribution in [3.63, 3.8) is 0 Å². The molecule has 3 aromatic rings. The molecule has 7 nitrogen and oxygen atoms in total. The average Bonchev–Trinajstić information content (AvgIpc) is 2.81. The summed E-state index contributed by atoms with van der Waals surface area (Å²) in [6.07, 6.45) is 3.15. The number of carbonyl (C=O) groups excluding carboxylic acids is 2. The Balaban J connectivity index is 1.65. The first-order valence-corrected chi connectivity index (χ1v) is 9.87. The summed E-state index contributed by atoms with van der Waals surface area (Å²) in [5.74, 6) is -1.89. The molecule has 0 aliphatic rings. The second-order valence-corrected chi connectivity index (χ2v) is 6.98. The molecule has 2 aromatic carbocycles. The first kappa shape index (κ1) is 21.7. The lowest BCUT2D eigenvalue weighted by atomic mass is 10.0. The van der Waals surface area contributed by atoms with Crippen LogP contribution in [0.1, 0.15) is 28.8 Å². The van der Waals surface area contributed by atoms with Crippen molar-refractivity contribution >= 4 is 17.8 Å². The minimum atomic E-state index is -1.03. The topological polar surface area (TPSA) is 108 Å². The number of aliphatic carboxylic acids is 1. The van der Waals surface area contributed by atoms with Crippen LogP contribution >= 0.6 is 0 Å². The quantitative estimate of drug-likeness (QED) is 0.496. The molecular formula is C24H23N3O4. The Morgan fingerprint density at radius 3 is 2.16 bits per heavy atom. The Morgan fingerprint density at radius 1 is 0.871 bits per heavy atom. The van der Waals surface area contributed by atoms with Gasteiger partial charge in [-0.15, -0.1) is 0 Å². The van der Waals surface area contributed by atoms with Gasteiger partial charge in [0.2, 0.25) is 5.91 Å². The highest BCUT2D eigenvalue weighted by Crippen LogP contribution is 2.18. The lowest BCUT2D eigenvalue weighted by Crippen LogP contribution is -2.46. The van der Waals surface area contributed by atoms with Crippen molar-refractivity contribution in [2.75, 3.05) is 0 Å². The van der Waals surface area contributed by atoms with Crippen molar-refractivity contribution in [1.29, 1.82) is 0 Å². The largest absolute Gasteiger partial charge is 0.481 e. The van der Waals surface area contributed by atoms with Gasteiger partial charge in [-0.2, -0.15) is 0 Å². The summed E-state index contributed by atoms with van der Waals surface area (Å²) in [6.45, 7) is 0.291. The van der Waals surface area contributed by atoms with Crippen LogP contribution in [0.3, 0.4) is 0 Å². The third-order valence-electron chi connectivity index (χ3n) is 4.74. The third-order valence-corrected chi connectivity index (χ3v) is 4.74. The van der Waals surface area contributed by atoms with E-state index in [0.717, 1.165) is 16.7 Å². The zero-order valence-corrected chi connectivity index (χ0v) is 16.8. The van der Waals surface area contributed by atoms with E-state index in [4.69, 9.17) is 5.11 Å². The van der Waals surface area contributed by atoms with Crippen LogP contribution < -0.4 is 10.6 Å². The second-order valence-electron chi connectivity index (χ2n) is 6.98. The van der Waals surface area contributed by atoms with Gasteiger partial charge in [0.05, 0.1) is 0 Å². The first-order valence-electron chi connectivity index (χ1n) is 9.87. The molecular weight excluding hydrogens is 394 g/mol. The lowest BCUT2D eigenvalue weighted by molar-refractivity contribution is -0.137. The molecule has 158 valence electrons. The Kier molecular flexibility index (Phi) is 7.48. The van der Waals surface area contributed by atoms with Crippen LogP contribution in [-0.2, 0) is 16.1 Å². The Bertz CT molecular complexity index is 1020. The van der Waals surface area contributed by atoms with Gasteiger partial charge in [-0.25, -0.2) is 0 Å². The lowest BCUT2D eigenvalue weighted by Gasteiger charge is -2.18. The number of carboxylic acids is 1. The molecule has 0 bridgehead atoms. The molecule has 1 heterocycles. The van der Waals surface area contributed by atoms with Crippen LogP contribution in [0.4, 0.5) is 0 Å². The van der Waals surface area contributed by atoms with E-state index in [1.807, 2.05) is 54.6 Å². The number of hydrogen-bond donors (Lipinski definition) is 3. The molecule has 7 heteroatoms. The predicted octanol–water partition coefficient (Wildman–Crippen LogP) is 3.03. The minimum absolute atomic E-state index is 0.00318. The highest BCUT2D eigenvalue weighted by molar-refractivity contribution is 5.98. The van der Waals surface area contributed by atoms with Gasteiger partial charge in [0.15, 0.2) is 0 Å². The summed E-state index contributed by atoms with van der Waals surface area (Å²) < 4.78 is 0. The molecule has 3 N–H and O–H groups in total. The van der Waals surface area contributed by atoms with Gasteiger partial charge >= 0.3 is 5.97 Å². The van der Waals surface area contributed by atoms with Gasteiger partial charge in [0, 0.05) is 30.9 Å². The zero-order chi connectivity index (χ0) is 22.1. The number of nitrogens with one attached hydrogen (secondary N) is 2. The van der Waals surface area contributed by atoms with E-state index in [-0.39, 0.29) is 12.8 Å². The smallest absolute Gasteiger partial charge is 0.303 e. The number of pyridine rings is 1. The predicted molar refractivity (Wildman–Crippen MR) is 116 cm³/mol. The SMILES string of the molecule is O=C(O)CC[C@H](NC(=O)c1ccc(-c2ccncc2)cc1)C(=O)NCc1ccccc1. The maximum atomic E-state index is 12.7. The van der Waals surface area contributed by atoms with Gasteiger partial charge in [-0.3, -0.25) is 19.4 Å². The molecule has 0 fully saturated rings. The summed E-state index contributed by atoms with van der Waals surface area (Å²) in [5, 5.41) is 14.4. The van der Waals surface area contributed by atoms with E-state index in [2.05, 4.69) is 15.6 Å². The maximum Gasteiger partial charge on any atom is 0.303 e. The van der Waals surface area contributed by atoms with E-state index in [1.165, 1.54) is 0 Å². The molecule has 3 rings (SSSR count). The summed E-state index contributed by atoms with van der Waals surface area (Å²) in [6, 6.07) is 19.1. The fourth-order valence-electron chi connectivity index (χ4n) is 3.04. The highest BCUT2D eigenvalue weighted by atomic mass is 16.4. The van der Waals surface area contributed by atoms with Crippen LogP contribution in [0.5, 0.6) is 0 Å². The van der Waals surface area contributed by atoms with Gasteiger partial charge < -0.3 is 15.7 Å². The number of benzene rings is 2. The van der Waals surface area contributed by atoms with Gasteiger partial charge in [0.25, 0.3) is 5.91 Å². The van der Waals surface area contributed by atoms with Crippen molar-refractivity contribution in [2.24, 2.45) is 0 Å². The Hall–Kier alpha value is -4.00. The monoisotopic (exact) mass is 417 g/mol. The number of carboxylic acid groups (broad SMARTS) is 1. The molecule has 0 saturated heterocycles. The summed E-state index contributed by atoms with van der Waals surface area (Å²) in [5.41, 5.74) is 3.20. The zero-order valence-electron chi connectivity index (χ0n) is 16.8. The van der Waals surface area contributed by atoms with Crippen molar-refractivity contribution in [3.8, 4) is 11.1 Å². The molecule has 2 amide bonds. The van der Waals surface area contributed by atoms with Crippen LogP contribution in [0.25, 0.3) is 11.1 Å². The van der Waals surface area contributed by atoms with Crippen LogP contribution in [0.15, 0.2) is 79.1 Å². The maximum absolute atomic E-state index is 12.7. The molecule has 0 spiro atoms. The van der Waals surface area contributed by atoms with Gasteiger partial charge in [-0.05, 0) is 47.4 Å². The third kappa shape index (κ3) is 6.50. The van der Waals surface area contributed by atoms with E-state index < -0.39 is 23.8 Å². The minimum Gasteiger partial charge on any atom is -0.481 e. The van der Waals surface area contributed by atoms with E-state index in [0.29, 0.717) is 12.1 Å². The van der Waals surface area contributed by atoms with E-state index in [9.17, 15) is 14.4 Å². The standard InChI is InChI=1S/C24H23N3O4/c28-22(29)11-10-21(24(31)26-16-17-4-2-1-3-5-17)27-23(30)20-8-6-18(7-9-20)19-12-14-25-15-13-19/h1-9,12-15,21H,10-11,16H2,(H,26,31)(H,27,30)(H,28,29)/t21-/m0/s1. The first-order chi connectivity index (χ1) is 15.0. The fourth-order valence-corrected chi connectivity index (χ4v) is 3.04. The van der Waals surface area contributed by atoms with Crippen LogP contribution in [0.2, 0.25) is 0 Å². The average molecular weight is 417 g/mol. The van der Waals surface area contributed by atoms with E-state index in [1.54, 1.807) is 24.5 Å². The van der Waals surface area contributed by atoms with Crippen LogP contribution in [0, 0.1) is 0 Å². The Morgan fingerprint density at radius 2 is 1.52 bits per heavy atom. The molecule has 0 unspecified atom stereocenters. The Labute approximate surface area is 180 Å². The number of hydrogen-bond acceptors (Lipinski definition) is 4. The number of amides is 2. The number of nitrogens with zero attached hydrogens (tertiary/aromatic N) is 1. The molecule has 0 radical (unpaired) electrons. The summed E-state index contributed by atoms with van der Waals surface area (Å²) >= 11 is 0. The molecule has 0 aliphatic heterocycles. The normalized spacial score (nSPS) is 11.4. The van der Waals surface area contributed by atoms with Crippen molar-refractivity contribution in [3.05, 3.63) is 90.3 Å². The second kappa shape index (κ2) is 10.7. The summed E-state index contributed by atoms with van der Waals surface area (Å²) in [4.78, 5) is 40.3. The van der Waals surface area contributed by atoms with Crippen LogP contribution in [-0.4, -0.2) is 33.9 Å². The van der Waals surface area contributed by atoms with Crippen molar-refractivity contribution in [1.82, 2.24) is 15.6 Å². The van der Waals surface area contributed by atoms with Crippen molar-refractivity contribution < 1.29 is 19.5 Å². The van der Waals surface area contributed by atoms with E-state index >= 15 is 0 Å². The molecule has 31 heavy (non-hydrogen) atoms. The number of rotatable bonds is 9. The number of aromatic nitrogens is 1. The van der Waals surface area contributed by atoms with Gasteiger partial charge in [-0.1, -0.05) is 42.5 Å². The molecule has 0 aliphatic carbocycles. The number of carbonyl (C=O) groups is 3. The molecule has 1 aromatic heterocycles. The van der Waals surface area contributed by atoms with Gasteiger partial charge in [0.1, 0.15) is 6.04 Å².